The molecule has 0 aliphatic carbocycles. The van der Waals surface area contributed by atoms with Gasteiger partial charge in [0.2, 0.25) is 0 Å². The van der Waals surface area contributed by atoms with Gasteiger partial charge in [-0.05, 0) is 67.0 Å². The van der Waals surface area contributed by atoms with E-state index in [1.165, 1.54) is 0 Å². The number of nitrogens with one attached hydrogen (secondary N) is 1. The molecule has 0 unspecified atom stereocenters. The van der Waals surface area contributed by atoms with E-state index in [0.717, 1.165) is 21.6 Å². The van der Waals surface area contributed by atoms with Gasteiger partial charge in [0.25, 0.3) is 0 Å². The SMILES string of the molecule is CC(C)(C)NCc1ccc(-c2ccc(Cl)cc2Br)o1. The standard InChI is InChI=1S/C15H17BrClNO/c1-15(2,3)18-9-11-5-7-14(19-11)12-6-4-10(17)8-13(12)16/h4-8,18H,9H2,1-3H3. The molecule has 0 spiro atoms. The highest BCUT2D eigenvalue weighted by atomic mass is 79.9. The third kappa shape index (κ3) is 4.10. The van der Waals surface area contributed by atoms with Gasteiger partial charge in [-0.25, -0.2) is 0 Å². The van der Waals surface area contributed by atoms with Gasteiger partial charge in [-0.3, -0.25) is 0 Å². The van der Waals surface area contributed by atoms with Crippen molar-refractivity contribution in [2.75, 3.05) is 0 Å². The fourth-order valence-corrected chi connectivity index (χ4v) is 2.54. The van der Waals surface area contributed by atoms with E-state index < -0.39 is 0 Å². The van der Waals surface area contributed by atoms with Crippen molar-refractivity contribution >= 4 is 27.5 Å². The van der Waals surface area contributed by atoms with Crippen LogP contribution in [0, 0.1) is 0 Å². The first kappa shape index (κ1) is 14.6. The van der Waals surface area contributed by atoms with Crippen LogP contribution < -0.4 is 5.32 Å². The molecular weight excluding hydrogens is 326 g/mol. The first-order valence-electron chi connectivity index (χ1n) is 6.14. The zero-order chi connectivity index (χ0) is 14.0. The highest BCUT2D eigenvalue weighted by molar-refractivity contribution is 9.10. The fraction of sp³-hybridized carbons (Fsp3) is 0.333. The van der Waals surface area contributed by atoms with Crippen molar-refractivity contribution in [3.63, 3.8) is 0 Å². The molecule has 0 saturated carbocycles. The van der Waals surface area contributed by atoms with Gasteiger partial charge in [0.1, 0.15) is 11.5 Å². The monoisotopic (exact) mass is 341 g/mol. The number of furan rings is 1. The maximum absolute atomic E-state index is 5.94. The minimum absolute atomic E-state index is 0.0772. The molecule has 2 rings (SSSR count). The van der Waals surface area contributed by atoms with Crippen molar-refractivity contribution in [2.24, 2.45) is 0 Å². The minimum atomic E-state index is 0.0772. The summed E-state index contributed by atoms with van der Waals surface area (Å²) < 4.78 is 6.79. The molecular formula is C15H17BrClNO. The quantitative estimate of drug-likeness (QED) is 0.824. The summed E-state index contributed by atoms with van der Waals surface area (Å²) in [5.74, 6) is 1.76. The van der Waals surface area contributed by atoms with Gasteiger partial charge < -0.3 is 9.73 Å². The smallest absolute Gasteiger partial charge is 0.135 e. The Labute approximate surface area is 127 Å². The van der Waals surface area contributed by atoms with Crippen LogP contribution in [0.15, 0.2) is 39.2 Å². The lowest BCUT2D eigenvalue weighted by molar-refractivity contribution is 0.391. The lowest BCUT2D eigenvalue weighted by Crippen LogP contribution is -2.34. The third-order valence-corrected chi connectivity index (χ3v) is 3.54. The van der Waals surface area contributed by atoms with Crippen molar-refractivity contribution in [3.8, 4) is 11.3 Å². The number of rotatable bonds is 3. The molecule has 2 aromatic rings. The summed E-state index contributed by atoms with van der Waals surface area (Å²) in [5, 5.41) is 4.11. The Hall–Kier alpha value is -0.770. The lowest BCUT2D eigenvalue weighted by Gasteiger charge is -2.19. The largest absolute Gasteiger partial charge is 0.460 e. The highest BCUT2D eigenvalue weighted by Crippen LogP contribution is 2.31. The number of hydrogen-bond donors (Lipinski definition) is 1. The average Bonchev–Trinajstić information content (AvgIpc) is 2.74. The van der Waals surface area contributed by atoms with E-state index in [0.29, 0.717) is 11.6 Å². The molecule has 0 fully saturated rings. The molecule has 0 radical (unpaired) electrons. The number of hydrogen-bond acceptors (Lipinski definition) is 2. The molecule has 0 saturated heterocycles. The Kier molecular flexibility index (Phi) is 4.39. The normalized spacial score (nSPS) is 11.8. The zero-order valence-corrected chi connectivity index (χ0v) is 13.6. The second kappa shape index (κ2) is 5.70. The van der Waals surface area contributed by atoms with Crippen LogP contribution in [-0.4, -0.2) is 5.54 Å². The van der Waals surface area contributed by atoms with E-state index in [2.05, 4.69) is 42.0 Å². The summed E-state index contributed by atoms with van der Waals surface area (Å²) in [6, 6.07) is 9.65. The molecule has 1 aromatic carbocycles. The van der Waals surface area contributed by atoms with Gasteiger partial charge in [-0.2, -0.15) is 0 Å². The average molecular weight is 343 g/mol. The molecule has 0 bridgehead atoms. The van der Waals surface area contributed by atoms with Crippen molar-refractivity contribution < 1.29 is 4.42 Å². The Balaban J connectivity index is 2.16. The fourth-order valence-electron chi connectivity index (χ4n) is 1.66. The predicted octanol–water partition coefficient (Wildman–Crippen LogP) is 5.25. The summed E-state index contributed by atoms with van der Waals surface area (Å²) in [6.07, 6.45) is 0. The molecule has 1 N–H and O–H groups in total. The van der Waals surface area contributed by atoms with Crippen molar-refractivity contribution in [3.05, 3.63) is 45.6 Å². The first-order chi connectivity index (χ1) is 8.85. The molecule has 0 amide bonds. The van der Waals surface area contributed by atoms with E-state index in [-0.39, 0.29) is 5.54 Å². The summed E-state index contributed by atoms with van der Waals surface area (Å²) >= 11 is 9.44. The third-order valence-electron chi connectivity index (χ3n) is 2.65. The Bertz CT molecular complexity index is 572. The Morgan fingerprint density at radius 3 is 2.58 bits per heavy atom. The van der Waals surface area contributed by atoms with E-state index in [1.807, 2.05) is 30.3 Å². The van der Waals surface area contributed by atoms with Crippen LogP contribution in [0.25, 0.3) is 11.3 Å². The molecule has 1 aromatic heterocycles. The van der Waals surface area contributed by atoms with Crippen LogP contribution in [0.3, 0.4) is 0 Å². The molecule has 102 valence electrons. The zero-order valence-electron chi connectivity index (χ0n) is 11.3. The van der Waals surface area contributed by atoms with Crippen LogP contribution in [0.5, 0.6) is 0 Å². The Morgan fingerprint density at radius 2 is 1.95 bits per heavy atom. The first-order valence-corrected chi connectivity index (χ1v) is 7.31. The summed E-state index contributed by atoms with van der Waals surface area (Å²) in [7, 11) is 0. The Morgan fingerprint density at radius 1 is 1.21 bits per heavy atom. The van der Waals surface area contributed by atoms with Crippen LogP contribution >= 0.6 is 27.5 Å². The van der Waals surface area contributed by atoms with Gasteiger partial charge in [0, 0.05) is 20.6 Å². The molecule has 0 aliphatic heterocycles. The predicted molar refractivity (Wildman–Crippen MR) is 83.4 cm³/mol. The molecule has 1 heterocycles. The van der Waals surface area contributed by atoms with Crippen LogP contribution in [0.4, 0.5) is 0 Å². The van der Waals surface area contributed by atoms with Crippen LogP contribution in [-0.2, 0) is 6.54 Å². The van der Waals surface area contributed by atoms with E-state index in [4.69, 9.17) is 16.0 Å². The van der Waals surface area contributed by atoms with Crippen molar-refractivity contribution in [2.45, 2.75) is 32.9 Å². The van der Waals surface area contributed by atoms with Crippen molar-refractivity contribution in [1.29, 1.82) is 0 Å². The molecule has 0 atom stereocenters. The molecule has 4 heteroatoms. The van der Waals surface area contributed by atoms with Gasteiger partial charge in [-0.1, -0.05) is 11.6 Å². The number of benzene rings is 1. The second-order valence-corrected chi connectivity index (χ2v) is 6.78. The summed E-state index contributed by atoms with van der Waals surface area (Å²) in [6.45, 7) is 7.11. The van der Waals surface area contributed by atoms with Gasteiger partial charge in [0.15, 0.2) is 0 Å². The molecule has 2 nitrogen and oxygen atoms in total. The van der Waals surface area contributed by atoms with E-state index in [1.54, 1.807) is 0 Å². The van der Waals surface area contributed by atoms with Gasteiger partial charge in [0.05, 0.1) is 6.54 Å². The second-order valence-electron chi connectivity index (χ2n) is 5.49. The van der Waals surface area contributed by atoms with Gasteiger partial charge in [-0.15, -0.1) is 0 Å². The number of halogens is 2. The van der Waals surface area contributed by atoms with Crippen LogP contribution in [0.2, 0.25) is 5.02 Å². The summed E-state index contributed by atoms with van der Waals surface area (Å²) in [4.78, 5) is 0. The van der Waals surface area contributed by atoms with Crippen LogP contribution in [0.1, 0.15) is 26.5 Å². The lowest BCUT2D eigenvalue weighted by atomic mass is 10.1. The van der Waals surface area contributed by atoms with Gasteiger partial charge >= 0.3 is 0 Å². The maximum Gasteiger partial charge on any atom is 0.135 e. The van der Waals surface area contributed by atoms with Crippen molar-refractivity contribution in [1.82, 2.24) is 5.32 Å². The summed E-state index contributed by atoms with van der Waals surface area (Å²) in [5.41, 5.74) is 1.08. The minimum Gasteiger partial charge on any atom is -0.460 e. The maximum atomic E-state index is 5.94. The van der Waals surface area contributed by atoms with E-state index in [9.17, 15) is 0 Å². The molecule has 0 aliphatic rings. The highest BCUT2D eigenvalue weighted by Gasteiger charge is 2.12. The van der Waals surface area contributed by atoms with E-state index >= 15 is 0 Å². The topological polar surface area (TPSA) is 25.2 Å². The molecule has 19 heavy (non-hydrogen) atoms.